The number of aromatic nitrogens is 1. The molecule has 1 aromatic heterocycles. The second kappa shape index (κ2) is 3.89. The molecule has 16 heavy (non-hydrogen) atoms. The molecule has 0 bridgehead atoms. The van der Waals surface area contributed by atoms with Crippen LogP contribution in [-0.2, 0) is 5.41 Å². The summed E-state index contributed by atoms with van der Waals surface area (Å²) in [6.45, 7) is 1.85. The Bertz CT molecular complexity index is 383. The van der Waals surface area contributed by atoms with Gasteiger partial charge in [-0.3, -0.25) is 0 Å². The number of aliphatic hydroxyl groups excluding tert-OH is 1. The molecular formula is C11H18N2O2S. The van der Waals surface area contributed by atoms with Gasteiger partial charge in [-0.2, -0.15) is 4.98 Å². The van der Waals surface area contributed by atoms with Crippen LogP contribution in [0.5, 0.6) is 5.88 Å². The van der Waals surface area contributed by atoms with Crippen molar-refractivity contribution in [1.82, 2.24) is 4.98 Å². The third-order valence-corrected chi connectivity index (χ3v) is 4.63. The molecule has 1 atom stereocenters. The molecule has 0 amide bonds. The molecule has 1 saturated carbocycles. The smallest absolute Gasteiger partial charge is 0.230 e. The van der Waals surface area contributed by atoms with Crippen LogP contribution in [0.1, 0.15) is 24.6 Å². The molecule has 1 aliphatic carbocycles. The molecule has 90 valence electrons. The first-order valence-electron chi connectivity index (χ1n) is 5.42. The topological polar surface area (TPSA) is 45.6 Å². The standard InChI is InChI=1S/C11H18N2O2S/c1-7(14)11(5-6-11)8-9(15-4)12-10(16-8)13(2)3/h7,14H,5-6H2,1-4H3. The number of hydrogen-bond donors (Lipinski definition) is 1. The van der Waals surface area contributed by atoms with Crippen LogP contribution in [0.4, 0.5) is 5.13 Å². The van der Waals surface area contributed by atoms with Gasteiger partial charge in [0, 0.05) is 19.5 Å². The van der Waals surface area contributed by atoms with Crippen LogP contribution in [0, 0.1) is 0 Å². The summed E-state index contributed by atoms with van der Waals surface area (Å²) in [4.78, 5) is 7.49. The molecule has 1 heterocycles. The fourth-order valence-corrected chi connectivity index (χ4v) is 3.20. The lowest BCUT2D eigenvalue weighted by Crippen LogP contribution is -2.21. The Morgan fingerprint density at radius 1 is 1.50 bits per heavy atom. The third-order valence-electron chi connectivity index (χ3n) is 3.20. The average molecular weight is 242 g/mol. The monoisotopic (exact) mass is 242 g/mol. The molecular weight excluding hydrogens is 224 g/mol. The van der Waals surface area contributed by atoms with Crippen molar-refractivity contribution in [2.75, 3.05) is 26.1 Å². The fourth-order valence-electron chi connectivity index (χ4n) is 1.91. The van der Waals surface area contributed by atoms with Gasteiger partial charge in [-0.15, -0.1) is 0 Å². The van der Waals surface area contributed by atoms with E-state index in [1.807, 2.05) is 25.9 Å². The van der Waals surface area contributed by atoms with Crippen molar-refractivity contribution in [2.45, 2.75) is 31.3 Å². The second-order valence-electron chi connectivity index (χ2n) is 4.56. The summed E-state index contributed by atoms with van der Waals surface area (Å²) < 4.78 is 5.31. The van der Waals surface area contributed by atoms with E-state index in [9.17, 15) is 5.11 Å². The molecule has 1 unspecified atom stereocenters. The molecule has 0 aliphatic heterocycles. The first kappa shape index (κ1) is 11.7. The van der Waals surface area contributed by atoms with Gasteiger partial charge in [0.15, 0.2) is 5.13 Å². The van der Waals surface area contributed by atoms with E-state index in [0.717, 1.165) is 22.9 Å². The Balaban J connectivity index is 2.40. The maximum atomic E-state index is 9.87. The summed E-state index contributed by atoms with van der Waals surface area (Å²) in [5.74, 6) is 0.673. The van der Waals surface area contributed by atoms with Crippen LogP contribution >= 0.6 is 11.3 Å². The Hall–Kier alpha value is -0.810. The van der Waals surface area contributed by atoms with E-state index in [2.05, 4.69) is 4.98 Å². The molecule has 5 heteroatoms. The minimum atomic E-state index is -0.336. The van der Waals surface area contributed by atoms with E-state index < -0.39 is 0 Å². The Labute approximate surface area is 99.9 Å². The lowest BCUT2D eigenvalue weighted by molar-refractivity contribution is 0.150. The highest BCUT2D eigenvalue weighted by Crippen LogP contribution is 2.56. The van der Waals surface area contributed by atoms with E-state index in [1.165, 1.54) is 0 Å². The third kappa shape index (κ3) is 1.68. The van der Waals surface area contributed by atoms with Crippen molar-refractivity contribution >= 4 is 16.5 Å². The number of hydrogen-bond acceptors (Lipinski definition) is 5. The maximum absolute atomic E-state index is 9.87. The fraction of sp³-hybridized carbons (Fsp3) is 0.727. The lowest BCUT2D eigenvalue weighted by Gasteiger charge is -2.17. The van der Waals surface area contributed by atoms with Crippen molar-refractivity contribution < 1.29 is 9.84 Å². The summed E-state index contributed by atoms with van der Waals surface area (Å²) in [5, 5.41) is 10.8. The van der Waals surface area contributed by atoms with E-state index in [0.29, 0.717) is 5.88 Å². The molecule has 2 rings (SSSR count). The SMILES string of the molecule is COc1nc(N(C)C)sc1C1(C(C)O)CC1. The molecule has 1 aliphatic rings. The molecule has 1 N–H and O–H groups in total. The van der Waals surface area contributed by atoms with E-state index in [-0.39, 0.29) is 11.5 Å². The molecule has 0 radical (unpaired) electrons. The summed E-state index contributed by atoms with van der Waals surface area (Å²) in [6, 6.07) is 0. The highest BCUT2D eigenvalue weighted by molar-refractivity contribution is 7.16. The first-order valence-corrected chi connectivity index (χ1v) is 6.23. The van der Waals surface area contributed by atoms with Gasteiger partial charge in [-0.1, -0.05) is 11.3 Å². The Morgan fingerprint density at radius 3 is 2.50 bits per heavy atom. The predicted molar refractivity (Wildman–Crippen MR) is 65.6 cm³/mol. The zero-order chi connectivity index (χ0) is 11.9. The van der Waals surface area contributed by atoms with Crippen LogP contribution in [0.2, 0.25) is 0 Å². The summed E-state index contributed by atoms with van der Waals surface area (Å²) in [5.41, 5.74) is -0.0999. The minimum absolute atomic E-state index is 0.0999. The van der Waals surface area contributed by atoms with E-state index in [4.69, 9.17) is 4.74 Å². The summed E-state index contributed by atoms with van der Waals surface area (Å²) >= 11 is 1.62. The Morgan fingerprint density at radius 2 is 2.12 bits per heavy atom. The number of rotatable bonds is 4. The highest BCUT2D eigenvalue weighted by Gasteiger charge is 2.52. The Kier molecular flexibility index (Phi) is 2.84. The van der Waals surface area contributed by atoms with Gasteiger partial charge < -0.3 is 14.7 Å². The number of thiazole rings is 1. The molecule has 1 fully saturated rings. The van der Waals surface area contributed by atoms with Gasteiger partial charge in [0.1, 0.15) is 0 Å². The van der Waals surface area contributed by atoms with Gasteiger partial charge in [0.05, 0.1) is 18.1 Å². The highest BCUT2D eigenvalue weighted by atomic mass is 32.1. The van der Waals surface area contributed by atoms with Crippen LogP contribution in [0.15, 0.2) is 0 Å². The van der Waals surface area contributed by atoms with Crippen LogP contribution in [0.3, 0.4) is 0 Å². The second-order valence-corrected chi connectivity index (χ2v) is 5.54. The molecule has 0 saturated heterocycles. The van der Waals surface area contributed by atoms with Crippen molar-refractivity contribution in [2.24, 2.45) is 0 Å². The molecule has 4 nitrogen and oxygen atoms in total. The van der Waals surface area contributed by atoms with Crippen molar-refractivity contribution in [3.05, 3.63) is 4.88 Å². The number of aliphatic hydroxyl groups is 1. The zero-order valence-electron chi connectivity index (χ0n) is 10.1. The van der Waals surface area contributed by atoms with Crippen LogP contribution < -0.4 is 9.64 Å². The number of anilines is 1. The minimum Gasteiger partial charge on any atom is -0.480 e. The molecule has 0 aromatic carbocycles. The van der Waals surface area contributed by atoms with Gasteiger partial charge in [0.25, 0.3) is 0 Å². The van der Waals surface area contributed by atoms with Gasteiger partial charge in [-0.05, 0) is 19.8 Å². The number of methoxy groups -OCH3 is 1. The predicted octanol–water partition coefficient (Wildman–Crippen LogP) is 1.63. The van der Waals surface area contributed by atoms with Gasteiger partial charge >= 0.3 is 0 Å². The van der Waals surface area contributed by atoms with Crippen molar-refractivity contribution in [3.8, 4) is 5.88 Å². The number of nitrogens with zero attached hydrogens (tertiary/aromatic N) is 2. The number of ether oxygens (including phenoxy) is 1. The largest absolute Gasteiger partial charge is 0.480 e. The molecule has 0 spiro atoms. The lowest BCUT2D eigenvalue weighted by atomic mass is 9.99. The first-order chi connectivity index (χ1) is 7.51. The average Bonchev–Trinajstić information content (AvgIpc) is 2.92. The quantitative estimate of drug-likeness (QED) is 0.871. The zero-order valence-corrected chi connectivity index (χ0v) is 11.0. The van der Waals surface area contributed by atoms with Crippen LogP contribution in [-0.4, -0.2) is 37.4 Å². The normalized spacial score (nSPS) is 19.3. The van der Waals surface area contributed by atoms with Gasteiger partial charge in [-0.25, -0.2) is 0 Å². The van der Waals surface area contributed by atoms with Crippen LogP contribution in [0.25, 0.3) is 0 Å². The molecule has 1 aromatic rings. The summed E-state index contributed by atoms with van der Waals surface area (Å²) in [6.07, 6.45) is 1.71. The van der Waals surface area contributed by atoms with Crippen molar-refractivity contribution in [1.29, 1.82) is 0 Å². The van der Waals surface area contributed by atoms with Crippen molar-refractivity contribution in [3.63, 3.8) is 0 Å². The van der Waals surface area contributed by atoms with E-state index in [1.54, 1.807) is 18.4 Å². The van der Waals surface area contributed by atoms with Gasteiger partial charge in [0.2, 0.25) is 5.88 Å². The van der Waals surface area contributed by atoms with E-state index >= 15 is 0 Å². The summed E-state index contributed by atoms with van der Waals surface area (Å²) in [7, 11) is 5.56. The maximum Gasteiger partial charge on any atom is 0.230 e.